The first-order chi connectivity index (χ1) is 8.99. The minimum Gasteiger partial charge on any atom is -0.382 e. The molecule has 104 valence electrons. The van der Waals surface area contributed by atoms with E-state index in [2.05, 4.69) is 48.5 Å². The van der Waals surface area contributed by atoms with E-state index in [-0.39, 0.29) is 0 Å². The molecule has 0 saturated carbocycles. The van der Waals surface area contributed by atoms with Crippen molar-refractivity contribution in [1.29, 1.82) is 0 Å². The fraction of sp³-hybridized carbons (Fsp3) is 0.417. The van der Waals surface area contributed by atoms with Gasteiger partial charge in [-0.1, -0.05) is 0 Å². The number of thiophene rings is 1. The Hall–Kier alpha value is 0.0400. The zero-order valence-electron chi connectivity index (χ0n) is 10.7. The van der Waals surface area contributed by atoms with E-state index in [1.165, 1.54) is 2.88 Å². The summed E-state index contributed by atoms with van der Waals surface area (Å²) in [7, 11) is 4.05. The molecule has 0 spiro atoms. The lowest BCUT2D eigenvalue weighted by Gasteiger charge is -2.15. The van der Waals surface area contributed by atoms with Gasteiger partial charge in [-0.25, -0.2) is 0 Å². The summed E-state index contributed by atoms with van der Waals surface area (Å²) in [5.74, 6) is 0. The topological polar surface area (TPSA) is 41.3 Å². The van der Waals surface area contributed by atoms with Gasteiger partial charge in [-0.15, -0.1) is 11.3 Å². The lowest BCUT2D eigenvalue weighted by molar-refractivity contribution is 0.205. The third-order valence-electron chi connectivity index (χ3n) is 2.75. The van der Waals surface area contributed by atoms with Crippen molar-refractivity contribution in [1.82, 2.24) is 14.7 Å². The summed E-state index contributed by atoms with van der Waals surface area (Å²) < 4.78 is 3.88. The number of nitrogens with zero attached hydrogens (tertiary/aromatic N) is 3. The van der Waals surface area contributed by atoms with Crippen LogP contribution in [0.4, 0.5) is 0 Å². The van der Waals surface area contributed by atoms with Crippen LogP contribution in [0.25, 0.3) is 0 Å². The monoisotopic (exact) mass is 455 g/mol. The molecule has 1 unspecified atom stereocenters. The van der Waals surface area contributed by atoms with Crippen molar-refractivity contribution in [3.63, 3.8) is 0 Å². The molecule has 0 aromatic carbocycles. The predicted octanol–water partition coefficient (Wildman–Crippen LogP) is 2.96. The minimum atomic E-state index is -0.640. The number of likely N-dealkylation sites (N-methyl/N-ethyl adjacent to an activating group) is 1. The van der Waals surface area contributed by atoms with Crippen LogP contribution in [0.5, 0.6) is 0 Å². The fourth-order valence-corrected chi connectivity index (χ4v) is 3.65. The van der Waals surface area contributed by atoms with Crippen molar-refractivity contribution in [3.8, 4) is 0 Å². The molecule has 0 aliphatic rings. The van der Waals surface area contributed by atoms with Crippen LogP contribution < -0.4 is 0 Å². The van der Waals surface area contributed by atoms with Crippen LogP contribution in [-0.2, 0) is 6.54 Å². The van der Waals surface area contributed by atoms with Gasteiger partial charge >= 0.3 is 0 Å². The number of aliphatic hydroxyl groups excluding tert-OH is 1. The Balaban J connectivity index is 2.25. The van der Waals surface area contributed by atoms with Gasteiger partial charge < -0.3 is 10.0 Å². The summed E-state index contributed by atoms with van der Waals surface area (Å²) in [6, 6.07) is 2.01. The van der Waals surface area contributed by atoms with E-state index in [1.54, 1.807) is 17.5 Å². The first-order valence-electron chi connectivity index (χ1n) is 5.77. The fourth-order valence-electron chi connectivity index (χ4n) is 1.74. The molecule has 2 rings (SSSR count). The van der Waals surface area contributed by atoms with Crippen molar-refractivity contribution >= 4 is 49.9 Å². The maximum atomic E-state index is 10.5. The SMILES string of the molecule is CN(C)CCn1ncc(Br)c1C(O)c1csc(I)c1. The van der Waals surface area contributed by atoms with Crippen LogP contribution in [0.1, 0.15) is 17.4 Å². The summed E-state index contributed by atoms with van der Waals surface area (Å²) in [5.41, 5.74) is 1.73. The molecule has 19 heavy (non-hydrogen) atoms. The average molecular weight is 456 g/mol. The van der Waals surface area contributed by atoms with Crippen LogP contribution in [-0.4, -0.2) is 40.4 Å². The number of aliphatic hydroxyl groups is 1. The standard InChI is InChI=1S/C12H15BrIN3OS/c1-16(2)3-4-17-11(9(13)6-15-17)12(18)8-5-10(14)19-7-8/h5-7,12,18H,3-4H2,1-2H3. The van der Waals surface area contributed by atoms with Gasteiger partial charge in [0.05, 0.1) is 25.8 Å². The Morgan fingerprint density at radius 1 is 1.58 bits per heavy atom. The second kappa shape index (κ2) is 6.66. The lowest BCUT2D eigenvalue weighted by atomic mass is 10.1. The van der Waals surface area contributed by atoms with Crippen LogP contribution >= 0.6 is 49.9 Å². The van der Waals surface area contributed by atoms with Crippen molar-refractivity contribution in [2.24, 2.45) is 0 Å². The summed E-state index contributed by atoms with van der Waals surface area (Å²) in [5, 5.41) is 16.8. The van der Waals surface area contributed by atoms with Gasteiger partial charge in [-0.3, -0.25) is 4.68 Å². The van der Waals surface area contributed by atoms with E-state index in [0.29, 0.717) is 0 Å². The van der Waals surface area contributed by atoms with Crippen molar-refractivity contribution in [3.05, 3.63) is 36.3 Å². The molecule has 0 bridgehead atoms. The van der Waals surface area contributed by atoms with E-state index in [9.17, 15) is 5.11 Å². The Labute approximate surface area is 138 Å². The van der Waals surface area contributed by atoms with E-state index >= 15 is 0 Å². The summed E-state index contributed by atoms with van der Waals surface area (Å²) in [6.45, 7) is 1.64. The highest BCUT2D eigenvalue weighted by atomic mass is 127. The van der Waals surface area contributed by atoms with Crippen molar-refractivity contribution in [2.45, 2.75) is 12.6 Å². The highest BCUT2D eigenvalue weighted by Gasteiger charge is 2.20. The number of halogens is 2. The quantitative estimate of drug-likeness (QED) is 0.704. The lowest BCUT2D eigenvalue weighted by Crippen LogP contribution is -2.21. The second-order valence-electron chi connectivity index (χ2n) is 4.49. The first kappa shape index (κ1) is 15.4. The summed E-state index contributed by atoms with van der Waals surface area (Å²) in [4.78, 5) is 2.10. The summed E-state index contributed by atoms with van der Waals surface area (Å²) >= 11 is 7.37. The van der Waals surface area contributed by atoms with E-state index in [4.69, 9.17) is 0 Å². The molecular weight excluding hydrogens is 441 g/mol. The molecule has 7 heteroatoms. The maximum Gasteiger partial charge on any atom is 0.123 e. The number of rotatable bonds is 5. The van der Waals surface area contributed by atoms with Crippen LogP contribution in [0.2, 0.25) is 0 Å². The van der Waals surface area contributed by atoms with Gasteiger partial charge in [0, 0.05) is 6.54 Å². The number of hydrogen-bond donors (Lipinski definition) is 1. The third-order valence-corrected chi connectivity index (χ3v) is 5.17. The third kappa shape index (κ3) is 3.78. The molecule has 0 aliphatic heterocycles. The molecule has 0 radical (unpaired) electrons. The molecular formula is C12H15BrIN3OS. The smallest absolute Gasteiger partial charge is 0.123 e. The van der Waals surface area contributed by atoms with Crippen molar-refractivity contribution < 1.29 is 5.11 Å². The predicted molar refractivity (Wildman–Crippen MR) is 89.6 cm³/mol. The van der Waals surface area contributed by atoms with Crippen LogP contribution in [0.15, 0.2) is 22.1 Å². The van der Waals surface area contributed by atoms with Gasteiger partial charge in [0.1, 0.15) is 6.10 Å². The maximum absolute atomic E-state index is 10.5. The Morgan fingerprint density at radius 2 is 2.32 bits per heavy atom. The van der Waals surface area contributed by atoms with Crippen LogP contribution in [0.3, 0.4) is 0 Å². The van der Waals surface area contributed by atoms with Gasteiger partial charge in [0.25, 0.3) is 0 Å². The molecule has 0 fully saturated rings. The Kier molecular flexibility index (Phi) is 5.41. The highest BCUT2D eigenvalue weighted by Crippen LogP contribution is 2.31. The van der Waals surface area contributed by atoms with Gasteiger partial charge in [0.15, 0.2) is 0 Å². The molecule has 1 N–H and O–H groups in total. The number of aromatic nitrogens is 2. The van der Waals surface area contributed by atoms with Crippen LogP contribution in [0, 0.1) is 2.88 Å². The van der Waals surface area contributed by atoms with E-state index < -0.39 is 6.10 Å². The Bertz CT molecular complexity index is 555. The zero-order valence-corrected chi connectivity index (χ0v) is 15.2. The molecule has 4 nitrogen and oxygen atoms in total. The summed E-state index contributed by atoms with van der Waals surface area (Å²) in [6.07, 6.45) is 1.10. The Morgan fingerprint density at radius 3 is 2.89 bits per heavy atom. The molecule has 1 atom stereocenters. The van der Waals surface area contributed by atoms with Gasteiger partial charge in [0.2, 0.25) is 0 Å². The van der Waals surface area contributed by atoms with E-state index in [1.807, 2.05) is 30.2 Å². The molecule has 0 amide bonds. The van der Waals surface area contributed by atoms with Crippen molar-refractivity contribution in [2.75, 3.05) is 20.6 Å². The minimum absolute atomic E-state index is 0.640. The largest absolute Gasteiger partial charge is 0.382 e. The van der Waals surface area contributed by atoms with Gasteiger partial charge in [-0.2, -0.15) is 5.10 Å². The zero-order chi connectivity index (χ0) is 14.0. The number of hydrogen-bond acceptors (Lipinski definition) is 4. The molecule has 0 saturated heterocycles. The van der Waals surface area contributed by atoms with E-state index in [0.717, 1.165) is 28.8 Å². The van der Waals surface area contributed by atoms with Gasteiger partial charge in [-0.05, 0) is 69.6 Å². The average Bonchev–Trinajstić information content (AvgIpc) is 2.92. The molecule has 0 aliphatic carbocycles. The normalized spacial score (nSPS) is 13.2. The highest BCUT2D eigenvalue weighted by molar-refractivity contribution is 14.1. The molecule has 2 aromatic heterocycles. The second-order valence-corrected chi connectivity index (χ2v) is 8.15. The molecule has 2 aromatic rings. The first-order valence-corrected chi connectivity index (χ1v) is 8.52. The molecule has 2 heterocycles.